The van der Waals surface area contributed by atoms with Crippen molar-refractivity contribution >= 4 is 11.9 Å². The smallest absolute Gasteiger partial charge is 0.334 e. The zero-order chi connectivity index (χ0) is 16.7. The minimum atomic E-state index is -1.10. The zero-order valence-corrected chi connectivity index (χ0v) is 12.5. The van der Waals surface area contributed by atoms with Gasteiger partial charge < -0.3 is 14.7 Å². The van der Waals surface area contributed by atoms with Crippen LogP contribution in [0.4, 0.5) is 8.78 Å². The van der Waals surface area contributed by atoms with Gasteiger partial charge in [0, 0.05) is 12.5 Å². The highest BCUT2D eigenvalue weighted by Crippen LogP contribution is 2.48. The normalized spacial score (nSPS) is 30.1. The quantitative estimate of drug-likeness (QED) is 0.920. The second-order valence-electron chi connectivity index (χ2n) is 6.14. The molecule has 1 saturated heterocycles. The van der Waals surface area contributed by atoms with Crippen molar-refractivity contribution in [3.8, 4) is 0 Å². The number of ether oxygens (including phenoxy) is 1. The van der Waals surface area contributed by atoms with Crippen LogP contribution in [-0.4, -0.2) is 47.2 Å². The van der Waals surface area contributed by atoms with Gasteiger partial charge >= 0.3 is 5.97 Å². The Balaban J connectivity index is 1.67. The van der Waals surface area contributed by atoms with E-state index in [4.69, 9.17) is 9.84 Å². The number of carbonyl (C=O) groups is 2. The molecule has 1 aliphatic heterocycles. The van der Waals surface area contributed by atoms with Crippen LogP contribution in [0.25, 0.3) is 0 Å². The van der Waals surface area contributed by atoms with Crippen LogP contribution in [0.1, 0.15) is 24.8 Å². The molecule has 7 heteroatoms. The van der Waals surface area contributed by atoms with Crippen molar-refractivity contribution in [3.05, 3.63) is 35.4 Å². The number of carbonyl (C=O) groups excluding carboxylic acids is 1. The maximum absolute atomic E-state index is 13.3. The number of benzene rings is 1. The summed E-state index contributed by atoms with van der Waals surface area (Å²) in [5, 5.41) is 9.06. The number of aliphatic carboxylic acids is 1. The summed E-state index contributed by atoms with van der Waals surface area (Å²) in [4.78, 5) is 25.1. The fourth-order valence-corrected chi connectivity index (χ4v) is 3.08. The van der Waals surface area contributed by atoms with Crippen LogP contribution in [0.2, 0.25) is 0 Å². The van der Waals surface area contributed by atoms with E-state index in [0.29, 0.717) is 18.5 Å². The standard InChI is InChI=1S/C16H17F2NO4/c1-8-6-19(7-14(23-8)16(21)22)15(20)11-5-10(11)9-2-3-12(17)13(18)4-9/h2-4,8,10-11,14H,5-7H2,1H3,(H,21,22)/t8-,10?,11?,14?/m1/s1. The van der Waals surface area contributed by atoms with Crippen molar-refractivity contribution in [2.75, 3.05) is 13.1 Å². The highest BCUT2D eigenvalue weighted by atomic mass is 19.2. The molecule has 23 heavy (non-hydrogen) atoms. The van der Waals surface area contributed by atoms with E-state index < -0.39 is 23.7 Å². The van der Waals surface area contributed by atoms with Crippen LogP contribution in [0, 0.1) is 17.6 Å². The monoisotopic (exact) mass is 325 g/mol. The van der Waals surface area contributed by atoms with Crippen LogP contribution in [-0.2, 0) is 14.3 Å². The molecule has 1 heterocycles. The van der Waals surface area contributed by atoms with E-state index >= 15 is 0 Å². The Kier molecular flexibility index (Phi) is 4.06. The summed E-state index contributed by atoms with van der Waals surface area (Å²) in [5.74, 6) is -3.53. The van der Waals surface area contributed by atoms with Gasteiger partial charge in [-0.15, -0.1) is 0 Å². The van der Waals surface area contributed by atoms with Crippen LogP contribution in [0.3, 0.4) is 0 Å². The van der Waals surface area contributed by atoms with E-state index in [1.165, 1.54) is 11.0 Å². The van der Waals surface area contributed by atoms with E-state index in [-0.39, 0.29) is 30.4 Å². The van der Waals surface area contributed by atoms with Gasteiger partial charge in [0.25, 0.3) is 0 Å². The summed E-state index contributed by atoms with van der Waals surface area (Å²) in [6.07, 6.45) is -0.814. The summed E-state index contributed by atoms with van der Waals surface area (Å²) >= 11 is 0. The van der Waals surface area contributed by atoms with Crippen molar-refractivity contribution in [1.82, 2.24) is 4.90 Å². The minimum absolute atomic E-state index is 0.0134. The van der Waals surface area contributed by atoms with Crippen molar-refractivity contribution in [2.45, 2.75) is 31.5 Å². The van der Waals surface area contributed by atoms with E-state index in [1.54, 1.807) is 6.92 Å². The highest BCUT2D eigenvalue weighted by Gasteiger charge is 2.47. The molecule has 2 aliphatic rings. The number of carboxylic acid groups (broad SMARTS) is 1. The Morgan fingerprint density at radius 2 is 2.00 bits per heavy atom. The molecule has 124 valence electrons. The molecule has 1 aromatic carbocycles. The molecular weight excluding hydrogens is 308 g/mol. The fourth-order valence-electron chi connectivity index (χ4n) is 3.08. The van der Waals surface area contributed by atoms with Gasteiger partial charge in [-0.05, 0) is 37.0 Å². The Morgan fingerprint density at radius 1 is 1.26 bits per heavy atom. The summed E-state index contributed by atoms with van der Waals surface area (Å²) in [6, 6.07) is 3.66. The lowest BCUT2D eigenvalue weighted by Gasteiger charge is -2.35. The fraction of sp³-hybridized carbons (Fsp3) is 0.500. The first-order valence-corrected chi connectivity index (χ1v) is 7.49. The second kappa shape index (κ2) is 5.88. The van der Waals surface area contributed by atoms with Gasteiger partial charge in [-0.25, -0.2) is 13.6 Å². The topological polar surface area (TPSA) is 66.8 Å². The molecule has 3 rings (SSSR count). The van der Waals surface area contributed by atoms with Gasteiger partial charge in [-0.3, -0.25) is 4.79 Å². The zero-order valence-electron chi connectivity index (χ0n) is 12.5. The number of rotatable bonds is 3. The minimum Gasteiger partial charge on any atom is -0.479 e. The Morgan fingerprint density at radius 3 is 2.65 bits per heavy atom. The Hall–Kier alpha value is -2.02. The average Bonchev–Trinajstić information content (AvgIpc) is 3.29. The van der Waals surface area contributed by atoms with Crippen molar-refractivity contribution < 1.29 is 28.2 Å². The van der Waals surface area contributed by atoms with Crippen LogP contribution >= 0.6 is 0 Å². The number of amides is 1. The molecule has 0 aromatic heterocycles. The molecule has 1 N–H and O–H groups in total. The lowest BCUT2D eigenvalue weighted by atomic mass is 10.1. The van der Waals surface area contributed by atoms with E-state index in [2.05, 4.69) is 0 Å². The third kappa shape index (κ3) is 3.19. The maximum atomic E-state index is 13.3. The largest absolute Gasteiger partial charge is 0.479 e. The molecule has 1 amide bonds. The SMILES string of the molecule is C[C@@H]1CN(C(=O)C2CC2c2ccc(F)c(F)c2)CC(C(=O)O)O1. The maximum Gasteiger partial charge on any atom is 0.334 e. The molecule has 1 aliphatic carbocycles. The van der Waals surface area contributed by atoms with E-state index in [0.717, 1.165) is 12.1 Å². The number of hydrogen-bond acceptors (Lipinski definition) is 3. The number of carboxylic acids is 1. The van der Waals surface area contributed by atoms with E-state index in [1.807, 2.05) is 0 Å². The number of morpholine rings is 1. The molecule has 0 spiro atoms. The summed E-state index contributed by atoms with van der Waals surface area (Å²) < 4.78 is 31.5. The first kappa shape index (κ1) is 15.9. The van der Waals surface area contributed by atoms with E-state index in [9.17, 15) is 18.4 Å². The summed E-state index contributed by atoms with van der Waals surface area (Å²) in [5.41, 5.74) is 0.596. The van der Waals surface area contributed by atoms with Gasteiger partial charge in [0.1, 0.15) is 0 Å². The predicted octanol–water partition coefficient (Wildman–Crippen LogP) is 1.77. The van der Waals surface area contributed by atoms with Crippen molar-refractivity contribution in [2.24, 2.45) is 5.92 Å². The first-order valence-electron chi connectivity index (χ1n) is 7.49. The summed E-state index contributed by atoms with van der Waals surface area (Å²) in [7, 11) is 0. The molecule has 4 atom stereocenters. The molecule has 1 saturated carbocycles. The van der Waals surface area contributed by atoms with Crippen molar-refractivity contribution in [1.29, 1.82) is 0 Å². The first-order chi connectivity index (χ1) is 10.9. The lowest BCUT2D eigenvalue weighted by Crippen LogP contribution is -2.52. The van der Waals surface area contributed by atoms with Crippen LogP contribution in [0.5, 0.6) is 0 Å². The lowest BCUT2D eigenvalue weighted by molar-refractivity contribution is -0.167. The van der Waals surface area contributed by atoms with Crippen LogP contribution in [0.15, 0.2) is 18.2 Å². The van der Waals surface area contributed by atoms with Gasteiger partial charge in [0.05, 0.1) is 12.6 Å². The number of nitrogens with zero attached hydrogens (tertiary/aromatic N) is 1. The average molecular weight is 325 g/mol. The number of halogens is 2. The molecular formula is C16H17F2NO4. The molecule has 3 unspecified atom stereocenters. The van der Waals surface area contributed by atoms with Gasteiger partial charge in [-0.2, -0.15) is 0 Å². The molecule has 2 fully saturated rings. The molecule has 0 radical (unpaired) electrons. The highest BCUT2D eigenvalue weighted by molar-refractivity contribution is 5.84. The molecule has 0 bridgehead atoms. The number of hydrogen-bond donors (Lipinski definition) is 1. The van der Waals surface area contributed by atoms with Crippen molar-refractivity contribution in [3.63, 3.8) is 0 Å². The van der Waals surface area contributed by atoms with Gasteiger partial charge in [0.15, 0.2) is 17.7 Å². The van der Waals surface area contributed by atoms with Gasteiger partial charge in [0.2, 0.25) is 5.91 Å². The Labute approximate surface area is 131 Å². The Bertz CT molecular complexity index is 651. The third-order valence-corrected chi connectivity index (χ3v) is 4.33. The second-order valence-corrected chi connectivity index (χ2v) is 6.14. The van der Waals surface area contributed by atoms with Crippen LogP contribution < -0.4 is 0 Å². The van der Waals surface area contributed by atoms with Gasteiger partial charge in [-0.1, -0.05) is 6.07 Å². The molecule has 5 nitrogen and oxygen atoms in total. The molecule has 1 aromatic rings. The summed E-state index contributed by atoms with van der Waals surface area (Å²) in [6.45, 7) is 2.07. The third-order valence-electron chi connectivity index (χ3n) is 4.33. The predicted molar refractivity (Wildman–Crippen MR) is 75.8 cm³/mol.